The minimum Gasteiger partial charge on any atom is -0.478 e. The maximum atomic E-state index is 11.5. The zero-order valence-corrected chi connectivity index (χ0v) is 12.5. The summed E-state index contributed by atoms with van der Waals surface area (Å²) in [7, 11) is 1.35. The van der Waals surface area contributed by atoms with Gasteiger partial charge >= 0.3 is 11.9 Å². The Kier molecular flexibility index (Phi) is 5.26. The molecule has 0 aliphatic heterocycles. The van der Waals surface area contributed by atoms with Crippen LogP contribution in [0.3, 0.4) is 0 Å². The summed E-state index contributed by atoms with van der Waals surface area (Å²) in [5.41, 5.74) is -0.579. The SMILES string of the molecule is COC(=O)C(C)(C)CSc1ccc(Cl)c(C(=O)O)c1. The summed E-state index contributed by atoms with van der Waals surface area (Å²) < 4.78 is 4.72. The molecule has 0 aliphatic rings. The Balaban J connectivity index is 2.82. The molecule has 0 aliphatic carbocycles. The van der Waals surface area contributed by atoms with E-state index in [1.807, 2.05) is 0 Å². The lowest BCUT2D eigenvalue weighted by Crippen LogP contribution is -2.28. The maximum Gasteiger partial charge on any atom is 0.337 e. The molecule has 6 heteroatoms. The molecule has 104 valence electrons. The lowest BCUT2D eigenvalue weighted by molar-refractivity contribution is -0.149. The van der Waals surface area contributed by atoms with Crippen molar-refractivity contribution in [2.75, 3.05) is 12.9 Å². The van der Waals surface area contributed by atoms with Gasteiger partial charge in [-0.15, -0.1) is 11.8 Å². The fraction of sp³-hybridized carbons (Fsp3) is 0.385. The number of aromatic carboxylic acids is 1. The van der Waals surface area contributed by atoms with E-state index in [2.05, 4.69) is 0 Å². The highest BCUT2D eigenvalue weighted by atomic mass is 35.5. The second-order valence-corrected chi connectivity index (χ2v) is 6.07. The van der Waals surface area contributed by atoms with E-state index < -0.39 is 11.4 Å². The molecule has 0 unspecified atom stereocenters. The van der Waals surface area contributed by atoms with Crippen molar-refractivity contribution >= 4 is 35.3 Å². The molecule has 1 rings (SSSR count). The highest BCUT2D eigenvalue weighted by Gasteiger charge is 2.28. The number of hydrogen-bond donors (Lipinski definition) is 1. The third-order valence-corrected chi connectivity index (χ3v) is 4.29. The van der Waals surface area contributed by atoms with Crippen molar-refractivity contribution in [3.05, 3.63) is 28.8 Å². The van der Waals surface area contributed by atoms with Gasteiger partial charge in [-0.25, -0.2) is 4.79 Å². The van der Waals surface area contributed by atoms with E-state index >= 15 is 0 Å². The van der Waals surface area contributed by atoms with Gasteiger partial charge in [0.05, 0.1) is 23.1 Å². The molecular weight excluding hydrogens is 288 g/mol. The number of carboxylic acids is 1. The van der Waals surface area contributed by atoms with E-state index in [0.29, 0.717) is 5.75 Å². The Morgan fingerprint density at radius 2 is 2.05 bits per heavy atom. The van der Waals surface area contributed by atoms with Gasteiger partial charge in [0.2, 0.25) is 0 Å². The average molecular weight is 303 g/mol. The number of carbonyl (C=O) groups excluding carboxylic acids is 1. The van der Waals surface area contributed by atoms with Crippen molar-refractivity contribution in [1.82, 2.24) is 0 Å². The molecule has 19 heavy (non-hydrogen) atoms. The van der Waals surface area contributed by atoms with Gasteiger partial charge in [-0.3, -0.25) is 4.79 Å². The van der Waals surface area contributed by atoms with Crippen molar-refractivity contribution in [2.24, 2.45) is 5.41 Å². The van der Waals surface area contributed by atoms with Crippen LogP contribution in [0.25, 0.3) is 0 Å². The number of carbonyl (C=O) groups is 2. The summed E-state index contributed by atoms with van der Waals surface area (Å²) in [5.74, 6) is -0.882. The quantitative estimate of drug-likeness (QED) is 0.667. The molecule has 0 heterocycles. The fourth-order valence-electron chi connectivity index (χ4n) is 1.36. The zero-order chi connectivity index (χ0) is 14.6. The molecule has 0 radical (unpaired) electrons. The number of ether oxygens (including phenoxy) is 1. The first-order chi connectivity index (χ1) is 8.77. The maximum absolute atomic E-state index is 11.5. The first-order valence-corrected chi connectivity index (χ1v) is 6.88. The molecule has 4 nitrogen and oxygen atoms in total. The Morgan fingerprint density at radius 1 is 1.42 bits per heavy atom. The third kappa shape index (κ3) is 4.14. The van der Waals surface area contributed by atoms with Gasteiger partial charge in [-0.05, 0) is 32.0 Å². The summed E-state index contributed by atoms with van der Waals surface area (Å²) in [4.78, 5) is 23.2. The molecule has 0 atom stereocenters. The number of benzene rings is 1. The average Bonchev–Trinajstić information content (AvgIpc) is 2.36. The zero-order valence-electron chi connectivity index (χ0n) is 10.9. The summed E-state index contributed by atoms with van der Waals surface area (Å²) in [6, 6.07) is 4.77. The third-order valence-electron chi connectivity index (χ3n) is 2.51. The van der Waals surface area contributed by atoms with Crippen LogP contribution in [0.4, 0.5) is 0 Å². The minimum atomic E-state index is -1.07. The lowest BCUT2D eigenvalue weighted by Gasteiger charge is -2.20. The Morgan fingerprint density at radius 3 is 2.58 bits per heavy atom. The van der Waals surface area contributed by atoms with Crippen LogP contribution in [0, 0.1) is 5.41 Å². The predicted molar refractivity (Wildman–Crippen MR) is 74.9 cm³/mol. The van der Waals surface area contributed by atoms with Gasteiger partial charge in [-0.2, -0.15) is 0 Å². The minimum absolute atomic E-state index is 0.0579. The van der Waals surface area contributed by atoms with Crippen LogP contribution in [0.5, 0.6) is 0 Å². The summed E-state index contributed by atoms with van der Waals surface area (Å²) >= 11 is 7.18. The van der Waals surface area contributed by atoms with Crippen molar-refractivity contribution in [2.45, 2.75) is 18.7 Å². The van der Waals surface area contributed by atoms with Crippen LogP contribution >= 0.6 is 23.4 Å². The smallest absolute Gasteiger partial charge is 0.337 e. The Bertz CT molecular complexity index is 499. The summed E-state index contributed by atoms with van der Waals surface area (Å²) in [5, 5.41) is 9.17. The molecule has 1 N–H and O–H groups in total. The molecule has 0 amide bonds. The molecule has 0 saturated carbocycles. The second-order valence-electron chi connectivity index (χ2n) is 4.61. The largest absolute Gasteiger partial charge is 0.478 e. The summed E-state index contributed by atoms with van der Waals surface area (Å²) in [6.45, 7) is 3.56. The monoisotopic (exact) mass is 302 g/mol. The molecule has 0 bridgehead atoms. The van der Waals surface area contributed by atoms with Crippen LogP contribution in [-0.4, -0.2) is 29.9 Å². The lowest BCUT2D eigenvalue weighted by atomic mass is 9.97. The predicted octanol–water partition coefficient (Wildman–Crippen LogP) is 3.33. The van der Waals surface area contributed by atoms with Crippen LogP contribution in [0.2, 0.25) is 5.02 Å². The highest BCUT2D eigenvalue weighted by Crippen LogP contribution is 2.30. The van der Waals surface area contributed by atoms with Gasteiger partial charge in [0.15, 0.2) is 0 Å². The van der Waals surface area contributed by atoms with Gasteiger partial charge < -0.3 is 9.84 Å². The van der Waals surface area contributed by atoms with Crippen LogP contribution < -0.4 is 0 Å². The van der Waals surface area contributed by atoms with Gasteiger partial charge in [0.1, 0.15) is 0 Å². The molecule has 0 fully saturated rings. The molecule has 0 spiro atoms. The standard InChI is InChI=1S/C13H15ClO4S/c1-13(2,12(17)18-3)7-19-8-4-5-10(14)9(6-8)11(15)16/h4-6H,7H2,1-3H3,(H,15,16). The Hall–Kier alpha value is -1.20. The van der Waals surface area contributed by atoms with Crippen molar-refractivity contribution < 1.29 is 19.4 Å². The van der Waals surface area contributed by atoms with Crippen LogP contribution in [0.1, 0.15) is 24.2 Å². The highest BCUT2D eigenvalue weighted by molar-refractivity contribution is 7.99. The number of halogens is 1. The molecule has 0 aromatic heterocycles. The van der Waals surface area contributed by atoms with Crippen molar-refractivity contribution in [3.8, 4) is 0 Å². The number of esters is 1. The molecular formula is C13H15ClO4S. The number of carboxylic acid groups (broad SMARTS) is 1. The topological polar surface area (TPSA) is 63.6 Å². The van der Waals surface area contributed by atoms with E-state index in [-0.39, 0.29) is 16.6 Å². The number of rotatable bonds is 5. The first kappa shape index (κ1) is 15.9. The summed E-state index contributed by atoms with van der Waals surface area (Å²) in [6.07, 6.45) is 0. The number of hydrogen-bond acceptors (Lipinski definition) is 4. The van der Waals surface area contributed by atoms with Gasteiger partial charge in [-0.1, -0.05) is 11.6 Å². The van der Waals surface area contributed by atoms with E-state index in [9.17, 15) is 9.59 Å². The van der Waals surface area contributed by atoms with Crippen molar-refractivity contribution in [1.29, 1.82) is 0 Å². The van der Waals surface area contributed by atoms with Gasteiger partial charge in [0.25, 0.3) is 0 Å². The fourth-order valence-corrected chi connectivity index (χ4v) is 2.57. The molecule has 1 aromatic rings. The van der Waals surface area contributed by atoms with Crippen LogP contribution in [-0.2, 0) is 9.53 Å². The number of methoxy groups -OCH3 is 1. The van der Waals surface area contributed by atoms with E-state index in [1.54, 1.807) is 26.0 Å². The Labute approximate surface area is 121 Å². The normalized spacial score (nSPS) is 11.2. The van der Waals surface area contributed by atoms with E-state index in [1.165, 1.54) is 24.9 Å². The first-order valence-electron chi connectivity index (χ1n) is 5.52. The second kappa shape index (κ2) is 6.30. The molecule has 1 aromatic carbocycles. The van der Waals surface area contributed by atoms with E-state index in [4.69, 9.17) is 21.4 Å². The molecule has 0 saturated heterocycles. The van der Waals surface area contributed by atoms with Crippen LogP contribution in [0.15, 0.2) is 23.1 Å². The van der Waals surface area contributed by atoms with Crippen molar-refractivity contribution in [3.63, 3.8) is 0 Å². The van der Waals surface area contributed by atoms with E-state index in [0.717, 1.165) is 4.90 Å². The number of thioether (sulfide) groups is 1. The van der Waals surface area contributed by atoms with Gasteiger partial charge in [0, 0.05) is 10.6 Å².